The first-order chi connectivity index (χ1) is 9.79. The second kappa shape index (κ2) is 5.77. The van der Waals surface area contributed by atoms with Gasteiger partial charge < -0.3 is 10.1 Å². The van der Waals surface area contributed by atoms with E-state index in [-0.39, 0.29) is 22.5 Å². The lowest BCUT2D eigenvalue weighted by atomic mass is 10.2. The number of rotatable bonds is 3. The van der Waals surface area contributed by atoms with Crippen LogP contribution < -0.4 is 10.1 Å². The van der Waals surface area contributed by atoms with Crippen LogP contribution in [-0.4, -0.2) is 12.0 Å². The van der Waals surface area contributed by atoms with E-state index in [2.05, 4.69) is 10.3 Å². The van der Waals surface area contributed by atoms with Gasteiger partial charge in [-0.25, -0.2) is 4.39 Å². The van der Waals surface area contributed by atoms with Crippen molar-refractivity contribution in [3.8, 4) is 11.6 Å². The number of nitrogens with zero attached hydrogens (tertiary/aromatic N) is 1. The number of anilines is 1. The second-order valence-corrected chi connectivity index (χ2v) is 4.41. The molecule has 0 amide bonds. The summed E-state index contributed by atoms with van der Waals surface area (Å²) in [4.78, 5) is 3.84. The van der Waals surface area contributed by atoms with E-state index in [1.807, 2.05) is 0 Å². The highest BCUT2D eigenvalue weighted by molar-refractivity contribution is 6.32. The van der Waals surface area contributed by atoms with Crippen molar-refractivity contribution in [1.82, 2.24) is 4.98 Å². The minimum absolute atomic E-state index is 0.00643. The summed E-state index contributed by atoms with van der Waals surface area (Å²) >= 11 is 5.75. The van der Waals surface area contributed by atoms with E-state index >= 15 is 0 Å². The highest BCUT2D eigenvalue weighted by Crippen LogP contribution is 2.35. The zero-order valence-electron chi connectivity index (χ0n) is 10.6. The molecule has 0 radical (unpaired) electrons. The Kier molecular flexibility index (Phi) is 4.22. The smallest absolute Gasteiger partial charge is 0.416 e. The van der Waals surface area contributed by atoms with Crippen molar-refractivity contribution in [2.24, 2.45) is 0 Å². The van der Waals surface area contributed by atoms with Gasteiger partial charge in [0.15, 0.2) is 0 Å². The summed E-state index contributed by atoms with van der Waals surface area (Å²) in [6.45, 7) is 0. The fraction of sp³-hybridized carbons (Fsp3) is 0.154. The van der Waals surface area contributed by atoms with Gasteiger partial charge in [-0.05, 0) is 24.3 Å². The summed E-state index contributed by atoms with van der Waals surface area (Å²) in [6, 6.07) is 4.86. The van der Waals surface area contributed by atoms with Crippen molar-refractivity contribution in [1.29, 1.82) is 0 Å². The van der Waals surface area contributed by atoms with Crippen LogP contribution in [0.2, 0.25) is 5.02 Å². The fourth-order valence-corrected chi connectivity index (χ4v) is 1.73. The number of nitrogens with one attached hydrogen (secondary N) is 1. The SMILES string of the molecule is CNc1cc(C(F)(F)F)cc(Oc2ccc(F)cc2Cl)n1. The Morgan fingerprint density at radius 1 is 1.19 bits per heavy atom. The van der Waals surface area contributed by atoms with Crippen molar-refractivity contribution in [3.05, 3.63) is 46.7 Å². The molecule has 1 N–H and O–H groups in total. The third-order valence-corrected chi connectivity index (χ3v) is 2.79. The zero-order valence-corrected chi connectivity index (χ0v) is 11.4. The molecule has 1 aromatic heterocycles. The molecule has 0 spiro atoms. The average Bonchev–Trinajstić information content (AvgIpc) is 2.40. The molecular weight excluding hydrogens is 312 g/mol. The van der Waals surface area contributed by atoms with Crippen LogP contribution in [0.4, 0.5) is 23.4 Å². The van der Waals surface area contributed by atoms with Crippen LogP contribution in [0.25, 0.3) is 0 Å². The van der Waals surface area contributed by atoms with Gasteiger partial charge in [0.1, 0.15) is 17.4 Å². The van der Waals surface area contributed by atoms with Crippen molar-refractivity contribution in [2.45, 2.75) is 6.18 Å². The maximum absolute atomic E-state index is 12.9. The normalized spacial score (nSPS) is 11.3. The van der Waals surface area contributed by atoms with E-state index in [4.69, 9.17) is 16.3 Å². The number of hydrogen-bond donors (Lipinski definition) is 1. The van der Waals surface area contributed by atoms with E-state index in [0.29, 0.717) is 0 Å². The molecule has 2 aromatic rings. The number of pyridine rings is 1. The van der Waals surface area contributed by atoms with Gasteiger partial charge in [0, 0.05) is 13.1 Å². The molecule has 0 atom stereocenters. The molecule has 0 saturated heterocycles. The molecule has 0 bridgehead atoms. The molecule has 112 valence electrons. The molecular formula is C13H9ClF4N2O. The number of alkyl halides is 3. The molecule has 2 rings (SSSR count). The van der Waals surface area contributed by atoms with Crippen molar-refractivity contribution in [3.63, 3.8) is 0 Å². The number of ether oxygens (including phenoxy) is 1. The predicted molar refractivity (Wildman–Crippen MR) is 70.3 cm³/mol. The first kappa shape index (κ1) is 15.4. The average molecular weight is 321 g/mol. The Bertz CT molecular complexity index is 661. The second-order valence-electron chi connectivity index (χ2n) is 4.00. The number of benzene rings is 1. The molecule has 0 saturated carbocycles. The number of hydrogen-bond acceptors (Lipinski definition) is 3. The lowest BCUT2D eigenvalue weighted by Gasteiger charge is -2.12. The monoisotopic (exact) mass is 320 g/mol. The molecule has 0 aliphatic carbocycles. The summed E-state index contributed by atoms with van der Waals surface area (Å²) in [6.07, 6.45) is -4.54. The lowest BCUT2D eigenvalue weighted by Crippen LogP contribution is -2.07. The summed E-state index contributed by atoms with van der Waals surface area (Å²) in [5.74, 6) is -0.895. The van der Waals surface area contributed by atoms with Gasteiger partial charge in [-0.1, -0.05) is 11.6 Å². The summed E-state index contributed by atoms with van der Waals surface area (Å²) < 4.78 is 56.4. The van der Waals surface area contributed by atoms with Gasteiger partial charge in [-0.3, -0.25) is 0 Å². The molecule has 1 aromatic carbocycles. The fourth-order valence-electron chi connectivity index (χ4n) is 1.52. The van der Waals surface area contributed by atoms with Crippen LogP contribution in [0.1, 0.15) is 5.56 Å². The summed E-state index contributed by atoms with van der Waals surface area (Å²) in [5.41, 5.74) is -0.921. The quantitative estimate of drug-likeness (QED) is 0.830. The molecule has 8 heteroatoms. The largest absolute Gasteiger partial charge is 0.437 e. The van der Waals surface area contributed by atoms with Crippen LogP contribution in [0.3, 0.4) is 0 Å². The Hall–Kier alpha value is -2.02. The van der Waals surface area contributed by atoms with Crippen molar-refractivity contribution >= 4 is 17.4 Å². The highest BCUT2D eigenvalue weighted by atomic mass is 35.5. The molecule has 0 aliphatic heterocycles. The van der Waals surface area contributed by atoms with Gasteiger partial charge in [-0.2, -0.15) is 18.2 Å². The third-order valence-electron chi connectivity index (χ3n) is 2.49. The van der Waals surface area contributed by atoms with E-state index < -0.39 is 17.6 Å². The molecule has 1 heterocycles. The molecule has 21 heavy (non-hydrogen) atoms. The first-order valence-electron chi connectivity index (χ1n) is 5.69. The molecule has 3 nitrogen and oxygen atoms in total. The lowest BCUT2D eigenvalue weighted by molar-refractivity contribution is -0.137. The van der Waals surface area contributed by atoms with Crippen LogP contribution in [-0.2, 0) is 6.18 Å². The third kappa shape index (κ3) is 3.75. The maximum atomic E-state index is 12.9. The number of halogens is 5. The molecule has 0 aliphatic rings. The molecule has 0 fully saturated rings. The predicted octanol–water partition coefficient (Wildman–Crippen LogP) is 4.73. The van der Waals surface area contributed by atoms with Crippen molar-refractivity contribution < 1.29 is 22.3 Å². The topological polar surface area (TPSA) is 34.1 Å². The highest BCUT2D eigenvalue weighted by Gasteiger charge is 2.32. The summed E-state index contributed by atoms with van der Waals surface area (Å²) in [7, 11) is 1.43. The van der Waals surface area contributed by atoms with Crippen LogP contribution in [0.5, 0.6) is 11.6 Å². The number of aromatic nitrogens is 1. The molecule has 0 unspecified atom stereocenters. The zero-order chi connectivity index (χ0) is 15.6. The Morgan fingerprint density at radius 2 is 1.90 bits per heavy atom. The van der Waals surface area contributed by atoms with Crippen molar-refractivity contribution in [2.75, 3.05) is 12.4 Å². The van der Waals surface area contributed by atoms with Crippen LogP contribution >= 0.6 is 11.6 Å². The van der Waals surface area contributed by atoms with Gasteiger partial charge >= 0.3 is 6.18 Å². The Labute approximate surface area is 122 Å². The first-order valence-corrected chi connectivity index (χ1v) is 6.07. The van der Waals surface area contributed by atoms with Gasteiger partial charge in [-0.15, -0.1) is 0 Å². The van der Waals surface area contributed by atoms with E-state index in [0.717, 1.165) is 24.3 Å². The minimum atomic E-state index is -4.54. The van der Waals surface area contributed by atoms with Crippen LogP contribution in [0.15, 0.2) is 30.3 Å². The maximum Gasteiger partial charge on any atom is 0.416 e. The van der Waals surface area contributed by atoms with Gasteiger partial charge in [0.2, 0.25) is 5.88 Å². The minimum Gasteiger partial charge on any atom is -0.437 e. The standard InChI is InChI=1S/C13H9ClF4N2O/c1-19-11-4-7(13(16,17)18)5-12(20-11)21-10-3-2-8(15)6-9(10)14/h2-6H,1H3,(H,19,20). The van der Waals surface area contributed by atoms with E-state index in [1.165, 1.54) is 13.1 Å². The van der Waals surface area contributed by atoms with Gasteiger partial charge in [0.25, 0.3) is 0 Å². The Morgan fingerprint density at radius 3 is 2.48 bits per heavy atom. The Balaban J connectivity index is 2.39. The van der Waals surface area contributed by atoms with E-state index in [9.17, 15) is 17.6 Å². The van der Waals surface area contributed by atoms with Crippen LogP contribution in [0, 0.1) is 5.82 Å². The van der Waals surface area contributed by atoms with Gasteiger partial charge in [0.05, 0.1) is 10.6 Å². The van der Waals surface area contributed by atoms with E-state index in [1.54, 1.807) is 0 Å². The summed E-state index contributed by atoms with van der Waals surface area (Å²) in [5, 5.41) is 2.44.